The van der Waals surface area contributed by atoms with Gasteiger partial charge in [0, 0.05) is 24.5 Å². The Balaban J connectivity index is 2.26. The largest absolute Gasteiger partial charge is 0.326 e. The fourth-order valence-corrected chi connectivity index (χ4v) is 1.67. The van der Waals surface area contributed by atoms with Gasteiger partial charge in [0.1, 0.15) is 0 Å². The molecule has 1 heterocycles. The predicted molar refractivity (Wildman–Crippen MR) is 68.7 cm³/mol. The van der Waals surface area contributed by atoms with Crippen LogP contribution < -0.4 is 5.32 Å². The zero-order valence-electron chi connectivity index (χ0n) is 9.90. The van der Waals surface area contributed by atoms with E-state index in [9.17, 15) is 4.79 Å². The van der Waals surface area contributed by atoms with E-state index < -0.39 is 0 Å². The Hall–Kier alpha value is -2.16. The molecule has 2 aromatic rings. The van der Waals surface area contributed by atoms with E-state index in [-0.39, 0.29) is 5.91 Å². The van der Waals surface area contributed by atoms with Gasteiger partial charge in [-0.3, -0.25) is 9.78 Å². The van der Waals surface area contributed by atoms with Gasteiger partial charge in [0.2, 0.25) is 5.91 Å². The van der Waals surface area contributed by atoms with E-state index in [0.717, 1.165) is 22.5 Å². The van der Waals surface area contributed by atoms with Gasteiger partial charge < -0.3 is 5.32 Å². The minimum atomic E-state index is -0.0579. The molecule has 0 unspecified atom stereocenters. The summed E-state index contributed by atoms with van der Waals surface area (Å²) in [5, 5.41) is 2.74. The molecule has 0 spiro atoms. The summed E-state index contributed by atoms with van der Waals surface area (Å²) in [6.07, 6.45) is 1.80. The van der Waals surface area contributed by atoms with Crippen molar-refractivity contribution in [3.8, 4) is 11.1 Å². The first-order valence-electron chi connectivity index (χ1n) is 5.46. The lowest BCUT2D eigenvalue weighted by Gasteiger charge is -2.05. The molecule has 0 fully saturated rings. The number of hydrogen-bond acceptors (Lipinski definition) is 2. The minimum Gasteiger partial charge on any atom is -0.326 e. The van der Waals surface area contributed by atoms with E-state index in [1.165, 1.54) is 6.92 Å². The van der Waals surface area contributed by atoms with E-state index in [1.807, 2.05) is 43.3 Å². The first kappa shape index (κ1) is 11.3. The Bertz CT molecular complexity index is 532. The van der Waals surface area contributed by atoms with Crippen molar-refractivity contribution >= 4 is 11.6 Å². The second-order valence-electron chi connectivity index (χ2n) is 3.94. The van der Waals surface area contributed by atoms with Gasteiger partial charge in [-0.1, -0.05) is 12.1 Å². The summed E-state index contributed by atoms with van der Waals surface area (Å²) in [6, 6.07) is 11.8. The van der Waals surface area contributed by atoms with Crippen LogP contribution in [0.4, 0.5) is 5.69 Å². The van der Waals surface area contributed by atoms with Gasteiger partial charge in [-0.15, -0.1) is 0 Å². The van der Waals surface area contributed by atoms with E-state index in [1.54, 1.807) is 6.20 Å². The molecule has 0 aliphatic carbocycles. The van der Waals surface area contributed by atoms with Gasteiger partial charge >= 0.3 is 0 Å². The average Bonchev–Trinajstić information content (AvgIpc) is 2.29. The van der Waals surface area contributed by atoms with Crippen molar-refractivity contribution in [2.24, 2.45) is 0 Å². The van der Waals surface area contributed by atoms with Crippen LogP contribution in [0.15, 0.2) is 42.6 Å². The molecule has 3 nitrogen and oxygen atoms in total. The molecule has 1 aromatic heterocycles. The van der Waals surface area contributed by atoms with Crippen LogP contribution in [-0.2, 0) is 4.79 Å². The van der Waals surface area contributed by atoms with E-state index in [4.69, 9.17) is 0 Å². The summed E-state index contributed by atoms with van der Waals surface area (Å²) in [5.41, 5.74) is 4.05. The van der Waals surface area contributed by atoms with Crippen LogP contribution in [0.5, 0.6) is 0 Å². The van der Waals surface area contributed by atoms with Crippen molar-refractivity contribution in [1.82, 2.24) is 4.98 Å². The SMILES string of the molecule is CC(=O)Nc1ccc(-c2ccnc(C)c2)cc1. The molecule has 0 aliphatic heterocycles. The molecule has 1 amide bonds. The highest BCUT2D eigenvalue weighted by Gasteiger charge is 1.99. The number of carbonyl (C=O) groups is 1. The number of hydrogen-bond donors (Lipinski definition) is 1. The van der Waals surface area contributed by atoms with Crippen molar-refractivity contribution in [3.05, 3.63) is 48.3 Å². The van der Waals surface area contributed by atoms with Crippen LogP contribution in [0, 0.1) is 6.92 Å². The van der Waals surface area contributed by atoms with Crippen molar-refractivity contribution in [1.29, 1.82) is 0 Å². The molecule has 0 radical (unpaired) electrons. The molecular formula is C14H14N2O. The fraction of sp³-hybridized carbons (Fsp3) is 0.143. The van der Waals surface area contributed by atoms with E-state index in [2.05, 4.69) is 10.3 Å². The van der Waals surface area contributed by atoms with Crippen LogP contribution >= 0.6 is 0 Å². The monoisotopic (exact) mass is 226 g/mol. The maximum absolute atomic E-state index is 10.9. The standard InChI is InChI=1S/C14H14N2O/c1-10-9-13(7-8-15-10)12-3-5-14(6-4-12)16-11(2)17/h3-9H,1-2H3,(H,16,17). The summed E-state index contributed by atoms with van der Waals surface area (Å²) in [4.78, 5) is 15.1. The molecule has 1 aromatic carbocycles. The molecule has 17 heavy (non-hydrogen) atoms. The lowest BCUT2D eigenvalue weighted by Crippen LogP contribution is -2.05. The molecule has 0 aliphatic rings. The number of rotatable bonds is 2. The number of amides is 1. The zero-order valence-corrected chi connectivity index (χ0v) is 9.90. The van der Waals surface area contributed by atoms with Crippen LogP contribution in [0.1, 0.15) is 12.6 Å². The summed E-state index contributed by atoms with van der Waals surface area (Å²) >= 11 is 0. The lowest BCUT2D eigenvalue weighted by molar-refractivity contribution is -0.114. The molecule has 1 N–H and O–H groups in total. The summed E-state index contributed by atoms with van der Waals surface area (Å²) < 4.78 is 0. The van der Waals surface area contributed by atoms with Crippen LogP contribution in [0.3, 0.4) is 0 Å². The number of nitrogens with zero attached hydrogens (tertiary/aromatic N) is 1. The molecular weight excluding hydrogens is 212 g/mol. The fourth-order valence-electron chi connectivity index (χ4n) is 1.67. The number of aryl methyl sites for hydroxylation is 1. The zero-order chi connectivity index (χ0) is 12.3. The summed E-state index contributed by atoms with van der Waals surface area (Å²) in [7, 11) is 0. The summed E-state index contributed by atoms with van der Waals surface area (Å²) in [6.45, 7) is 3.47. The van der Waals surface area contributed by atoms with Gasteiger partial charge in [0.05, 0.1) is 0 Å². The van der Waals surface area contributed by atoms with Crippen molar-refractivity contribution in [2.45, 2.75) is 13.8 Å². The number of nitrogens with one attached hydrogen (secondary N) is 1. The molecule has 0 bridgehead atoms. The first-order chi connectivity index (χ1) is 8.15. The molecule has 0 atom stereocenters. The van der Waals surface area contributed by atoms with E-state index in [0.29, 0.717) is 0 Å². The highest BCUT2D eigenvalue weighted by atomic mass is 16.1. The van der Waals surface area contributed by atoms with Gasteiger partial charge in [-0.05, 0) is 42.3 Å². The maximum atomic E-state index is 10.9. The van der Waals surface area contributed by atoms with Crippen LogP contribution in [-0.4, -0.2) is 10.9 Å². The van der Waals surface area contributed by atoms with Gasteiger partial charge in [-0.25, -0.2) is 0 Å². The van der Waals surface area contributed by atoms with Crippen molar-refractivity contribution in [2.75, 3.05) is 5.32 Å². The highest BCUT2D eigenvalue weighted by molar-refractivity contribution is 5.88. The molecule has 2 rings (SSSR count). The van der Waals surface area contributed by atoms with Gasteiger partial charge in [0.25, 0.3) is 0 Å². The minimum absolute atomic E-state index is 0.0579. The van der Waals surface area contributed by atoms with Gasteiger partial charge in [-0.2, -0.15) is 0 Å². The third kappa shape index (κ3) is 2.91. The van der Waals surface area contributed by atoms with Crippen LogP contribution in [0.2, 0.25) is 0 Å². The number of pyridine rings is 1. The number of aromatic nitrogens is 1. The van der Waals surface area contributed by atoms with Crippen LogP contribution in [0.25, 0.3) is 11.1 Å². The predicted octanol–water partition coefficient (Wildman–Crippen LogP) is 3.02. The second kappa shape index (κ2) is 4.78. The molecule has 3 heteroatoms. The Morgan fingerprint density at radius 3 is 2.41 bits per heavy atom. The number of anilines is 1. The third-order valence-corrected chi connectivity index (χ3v) is 2.44. The smallest absolute Gasteiger partial charge is 0.221 e. The maximum Gasteiger partial charge on any atom is 0.221 e. The quantitative estimate of drug-likeness (QED) is 0.855. The molecule has 0 saturated carbocycles. The van der Waals surface area contributed by atoms with E-state index >= 15 is 0 Å². The highest BCUT2D eigenvalue weighted by Crippen LogP contribution is 2.21. The lowest BCUT2D eigenvalue weighted by atomic mass is 10.1. The summed E-state index contributed by atoms with van der Waals surface area (Å²) in [5.74, 6) is -0.0579. The average molecular weight is 226 g/mol. The molecule has 0 saturated heterocycles. The Morgan fingerprint density at radius 1 is 1.12 bits per heavy atom. The molecule has 86 valence electrons. The third-order valence-electron chi connectivity index (χ3n) is 2.44. The Morgan fingerprint density at radius 2 is 1.82 bits per heavy atom. The first-order valence-corrected chi connectivity index (χ1v) is 5.46. The van der Waals surface area contributed by atoms with Crippen molar-refractivity contribution in [3.63, 3.8) is 0 Å². The normalized spacial score (nSPS) is 10.0. The second-order valence-corrected chi connectivity index (χ2v) is 3.94. The Kier molecular flexibility index (Phi) is 3.19. The van der Waals surface area contributed by atoms with Crippen molar-refractivity contribution < 1.29 is 4.79 Å². The number of carbonyl (C=O) groups excluding carboxylic acids is 1. The topological polar surface area (TPSA) is 42.0 Å². The van der Waals surface area contributed by atoms with Gasteiger partial charge in [0.15, 0.2) is 0 Å². The Labute approximate surface area is 101 Å². The number of benzene rings is 1.